The van der Waals surface area contributed by atoms with E-state index in [0.717, 1.165) is 4.47 Å². The molecule has 0 aliphatic carbocycles. The molecule has 3 aromatic rings. The Morgan fingerprint density at radius 1 is 1.05 bits per heavy atom. The van der Waals surface area contributed by atoms with E-state index in [4.69, 9.17) is 23.2 Å². The van der Waals surface area contributed by atoms with Gasteiger partial charge in [0, 0.05) is 9.86 Å². The van der Waals surface area contributed by atoms with Crippen LogP contribution in [-0.4, -0.2) is 9.97 Å². The number of aromatic nitrogens is 2. The van der Waals surface area contributed by atoms with Crippen LogP contribution in [-0.2, 0) is 0 Å². The predicted octanol–water partition coefficient (Wildman–Crippen LogP) is 5.51. The summed E-state index contributed by atoms with van der Waals surface area (Å²) in [5.41, 5.74) is 0.867. The molecule has 0 bridgehead atoms. The van der Waals surface area contributed by atoms with Crippen molar-refractivity contribution in [3.05, 3.63) is 56.9 Å². The third-order valence-corrected chi connectivity index (χ3v) is 3.88. The van der Waals surface area contributed by atoms with Gasteiger partial charge >= 0.3 is 0 Å². The van der Waals surface area contributed by atoms with Crippen LogP contribution in [0.25, 0.3) is 22.3 Å². The second-order valence-electron chi connectivity index (χ2n) is 4.10. The molecular formula is C14H6BrCl2FN2. The highest BCUT2D eigenvalue weighted by atomic mass is 79.9. The minimum absolute atomic E-state index is 0.0260. The summed E-state index contributed by atoms with van der Waals surface area (Å²) in [6.45, 7) is 0. The van der Waals surface area contributed by atoms with Gasteiger partial charge in [0.15, 0.2) is 11.6 Å². The SMILES string of the molecule is Fc1c(Cl)cccc1-c1nc(Cl)c2cc(Br)ccc2n1. The third kappa shape index (κ3) is 2.39. The summed E-state index contributed by atoms with van der Waals surface area (Å²) in [6, 6.07) is 10.1. The molecule has 0 saturated heterocycles. The van der Waals surface area contributed by atoms with E-state index >= 15 is 0 Å². The number of hydrogen-bond donors (Lipinski definition) is 0. The van der Waals surface area contributed by atoms with E-state index in [1.807, 2.05) is 12.1 Å². The van der Waals surface area contributed by atoms with Gasteiger partial charge in [-0.25, -0.2) is 14.4 Å². The van der Waals surface area contributed by atoms with Gasteiger partial charge in [0.05, 0.1) is 16.1 Å². The summed E-state index contributed by atoms with van der Waals surface area (Å²) < 4.78 is 14.9. The van der Waals surface area contributed by atoms with Crippen molar-refractivity contribution < 1.29 is 4.39 Å². The predicted molar refractivity (Wildman–Crippen MR) is 82.7 cm³/mol. The first-order valence-electron chi connectivity index (χ1n) is 5.63. The Bertz CT molecular complexity index is 824. The Morgan fingerprint density at radius 2 is 1.85 bits per heavy atom. The molecule has 2 nitrogen and oxygen atoms in total. The number of fused-ring (bicyclic) bond motifs is 1. The zero-order valence-electron chi connectivity index (χ0n) is 9.87. The third-order valence-electron chi connectivity index (χ3n) is 2.80. The summed E-state index contributed by atoms with van der Waals surface area (Å²) in [6.07, 6.45) is 0. The van der Waals surface area contributed by atoms with Gasteiger partial charge in [0.1, 0.15) is 5.15 Å². The van der Waals surface area contributed by atoms with Crippen molar-refractivity contribution >= 4 is 50.0 Å². The highest BCUT2D eigenvalue weighted by Crippen LogP contribution is 2.30. The largest absolute Gasteiger partial charge is 0.228 e. The van der Waals surface area contributed by atoms with E-state index in [-0.39, 0.29) is 21.6 Å². The molecule has 3 rings (SSSR count). The van der Waals surface area contributed by atoms with Gasteiger partial charge in [-0.1, -0.05) is 45.2 Å². The Balaban J connectivity index is 2.28. The molecule has 0 aliphatic rings. The monoisotopic (exact) mass is 370 g/mol. The van der Waals surface area contributed by atoms with Gasteiger partial charge < -0.3 is 0 Å². The maximum atomic E-state index is 14.0. The number of hydrogen-bond acceptors (Lipinski definition) is 2. The van der Waals surface area contributed by atoms with Gasteiger partial charge in [-0.3, -0.25) is 0 Å². The van der Waals surface area contributed by atoms with E-state index in [1.165, 1.54) is 6.07 Å². The van der Waals surface area contributed by atoms with E-state index in [2.05, 4.69) is 25.9 Å². The number of nitrogens with zero attached hydrogens (tertiary/aromatic N) is 2. The van der Waals surface area contributed by atoms with E-state index in [0.29, 0.717) is 10.9 Å². The Kier molecular flexibility index (Phi) is 3.63. The summed E-state index contributed by atoms with van der Waals surface area (Å²) in [7, 11) is 0. The number of benzene rings is 2. The minimum Gasteiger partial charge on any atom is -0.228 e. The molecule has 0 atom stereocenters. The minimum atomic E-state index is -0.554. The van der Waals surface area contributed by atoms with Crippen molar-refractivity contribution in [2.24, 2.45) is 0 Å². The average Bonchev–Trinajstić information content (AvgIpc) is 2.42. The van der Waals surface area contributed by atoms with Gasteiger partial charge in [0.2, 0.25) is 0 Å². The van der Waals surface area contributed by atoms with Gasteiger partial charge in [0.25, 0.3) is 0 Å². The van der Waals surface area contributed by atoms with Crippen LogP contribution >= 0.6 is 39.1 Å². The summed E-state index contributed by atoms with van der Waals surface area (Å²) in [5, 5.41) is 0.996. The molecule has 100 valence electrons. The fraction of sp³-hybridized carbons (Fsp3) is 0. The molecule has 20 heavy (non-hydrogen) atoms. The molecule has 6 heteroatoms. The van der Waals surface area contributed by atoms with Crippen molar-refractivity contribution in [2.75, 3.05) is 0 Å². The molecule has 1 aromatic heterocycles. The molecule has 0 radical (unpaired) electrons. The first-order valence-corrected chi connectivity index (χ1v) is 7.18. The standard InChI is InChI=1S/C14H6BrCl2FN2/c15-7-4-5-11-9(6-7)13(17)20-14(19-11)8-2-1-3-10(16)12(8)18/h1-6H. The van der Waals surface area contributed by atoms with Crippen molar-refractivity contribution in [3.8, 4) is 11.4 Å². The van der Waals surface area contributed by atoms with Gasteiger partial charge in [-0.2, -0.15) is 0 Å². The Hall–Kier alpha value is -1.23. The van der Waals surface area contributed by atoms with Crippen LogP contribution in [0.4, 0.5) is 4.39 Å². The molecule has 0 unspecified atom stereocenters. The van der Waals surface area contributed by atoms with Crippen LogP contribution in [0.5, 0.6) is 0 Å². The lowest BCUT2D eigenvalue weighted by Crippen LogP contribution is -1.94. The molecule has 2 aromatic carbocycles. The van der Waals surface area contributed by atoms with Crippen LogP contribution in [0, 0.1) is 5.82 Å². The lowest BCUT2D eigenvalue weighted by Gasteiger charge is -2.06. The quantitative estimate of drug-likeness (QED) is 0.527. The molecule has 0 aliphatic heterocycles. The molecule has 0 amide bonds. The maximum Gasteiger partial charge on any atom is 0.164 e. The van der Waals surface area contributed by atoms with Crippen LogP contribution in [0.3, 0.4) is 0 Å². The van der Waals surface area contributed by atoms with Crippen LogP contribution in [0.1, 0.15) is 0 Å². The first-order chi connectivity index (χ1) is 9.56. The molecule has 0 spiro atoms. The Morgan fingerprint density at radius 3 is 2.65 bits per heavy atom. The van der Waals surface area contributed by atoms with E-state index in [9.17, 15) is 4.39 Å². The van der Waals surface area contributed by atoms with Gasteiger partial charge in [-0.05, 0) is 30.3 Å². The lowest BCUT2D eigenvalue weighted by atomic mass is 10.2. The molecule has 1 heterocycles. The second-order valence-corrected chi connectivity index (χ2v) is 5.78. The molecule has 0 saturated carbocycles. The van der Waals surface area contributed by atoms with E-state index in [1.54, 1.807) is 18.2 Å². The number of halogens is 4. The van der Waals surface area contributed by atoms with Crippen molar-refractivity contribution in [1.29, 1.82) is 0 Å². The summed E-state index contributed by atoms with van der Waals surface area (Å²) >= 11 is 15.3. The highest BCUT2D eigenvalue weighted by molar-refractivity contribution is 9.10. The molecule has 0 N–H and O–H groups in total. The zero-order chi connectivity index (χ0) is 14.3. The Labute approximate surface area is 132 Å². The number of rotatable bonds is 1. The second kappa shape index (κ2) is 5.28. The van der Waals surface area contributed by atoms with Crippen LogP contribution in [0.2, 0.25) is 10.2 Å². The fourth-order valence-corrected chi connectivity index (χ4v) is 2.63. The smallest absolute Gasteiger partial charge is 0.164 e. The zero-order valence-corrected chi connectivity index (χ0v) is 13.0. The van der Waals surface area contributed by atoms with Crippen LogP contribution < -0.4 is 0 Å². The normalized spacial score (nSPS) is 11.0. The highest BCUT2D eigenvalue weighted by Gasteiger charge is 2.13. The molecule has 0 fully saturated rings. The lowest BCUT2D eigenvalue weighted by molar-refractivity contribution is 0.630. The summed E-state index contributed by atoms with van der Waals surface area (Å²) in [4.78, 5) is 8.48. The van der Waals surface area contributed by atoms with E-state index < -0.39 is 5.82 Å². The topological polar surface area (TPSA) is 25.8 Å². The summed E-state index contributed by atoms with van der Waals surface area (Å²) in [5.74, 6) is -0.341. The average molecular weight is 372 g/mol. The van der Waals surface area contributed by atoms with Crippen LogP contribution in [0.15, 0.2) is 40.9 Å². The van der Waals surface area contributed by atoms with Crippen molar-refractivity contribution in [3.63, 3.8) is 0 Å². The fourth-order valence-electron chi connectivity index (χ4n) is 1.86. The van der Waals surface area contributed by atoms with Crippen molar-refractivity contribution in [2.45, 2.75) is 0 Å². The first kappa shape index (κ1) is 13.7. The van der Waals surface area contributed by atoms with Gasteiger partial charge in [-0.15, -0.1) is 0 Å². The molecular weight excluding hydrogens is 366 g/mol. The van der Waals surface area contributed by atoms with Crippen molar-refractivity contribution in [1.82, 2.24) is 9.97 Å². The maximum absolute atomic E-state index is 14.0.